The highest BCUT2D eigenvalue weighted by atomic mass is 35.5. The van der Waals surface area contributed by atoms with Crippen molar-refractivity contribution < 1.29 is 4.42 Å². The molecule has 0 saturated carbocycles. The van der Waals surface area contributed by atoms with Gasteiger partial charge in [0.2, 0.25) is 0 Å². The molecule has 1 fully saturated rings. The van der Waals surface area contributed by atoms with Gasteiger partial charge in [0.1, 0.15) is 11.3 Å². The summed E-state index contributed by atoms with van der Waals surface area (Å²) in [7, 11) is 0. The van der Waals surface area contributed by atoms with Crippen molar-refractivity contribution in [3.63, 3.8) is 0 Å². The zero-order valence-corrected chi connectivity index (χ0v) is 12.7. The van der Waals surface area contributed by atoms with E-state index in [2.05, 4.69) is 24.0 Å². The zero-order chi connectivity index (χ0) is 13.2. The Morgan fingerprint density at radius 3 is 2.90 bits per heavy atom. The van der Waals surface area contributed by atoms with E-state index in [9.17, 15) is 0 Å². The molecular weight excluding hydrogens is 272 g/mol. The second-order valence-electron chi connectivity index (χ2n) is 5.64. The summed E-state index contributed by atoms with van der Waals surface area (Å²) in [6.07, 6.45) is 2.55. The maximum Gasteiger partial charge on any atom is 0.134 e. The van der Waals surface area contributed by atoms with Crippen molar-refractivity contribution in [2.75, 3.05) is 13.1 Å². The van der Waals surface area contributed by atoms with Crippen LogP contribution in [0.25, 0.3) is 11.0 Å². The summed E-state index contributed by atoms with van der Waals surface area (Å²) in [5, 5.41) is 1.19. The summed E-state index contributed by atoms with van der Waals surface area (Å²) in [6, 6.07) is 10.8. The molecule has 1 aliphatic rings. The fourth-order valence-electron chi connectivity index (χ4n) is 3.23. The van der Waals surface area contributed by atoms with Crippen molar-refractivity contribution in [3.05, 3.63) is 36.1 Å². The highest BCUT2D eigenvalue weighted by Crippen LogP contribution is 2.26. The van der Waals surface area contributed by atoms with Crippen molar-refractivity contribution in [2.45, 2.75) is 32.4 Å². The third-order valence-corrected chi connectivity index (χ3v) is 4.31. The standard InChI is InChI=1S/C16H22N2O.ClH/c1-12-5-4-8-18(15(12)10-17)11-14-9-13-6-2-3-7-16(13)19-14;/h2-3,6-7,9,12,15H,4-5,8,10-11,17H2,1H3;1H. The quantitative estimate of drug-likeness (QED) is 0.943. The van der Waals surface area contributed by atoms with Crippen molar-refractivity contribution in [3.8, 4) is 0 Å². The van der Waals surface area contributed by atoms with E-state index in [4.69, 9.17) is 10.2 Å². The molecule has 20 heavy (non-hydrogen) atoms. The molecular formula is C16H23ClN2O. The van der Waals surface area contributed by atoms with Gasteiger partial charge in [-0.25, -0.2) is 0 Å². The Morgan fingerprint density at radius 1 is 1.35 bits per heavy atom. The van der Waals surface area contributed by atoms with Crippen LogP contribution in [-0.4, -0.2) is 24.0 Å². The summed E-state index contributed by atoms with van der Waals surface area (Å²) in [5.74, 6) is 1.73. The van der Waals surface area contributed by atoms with Crippen LogP contribution in [0.3, 0.4) is 0 Å². The molecule has 2 aromatic rings. The van der Waals surface area contributed by atoms with Gasteiger partial charge in [-0.15, -0.1) is 12.4 Å². The summed E-state index contributed by atoms with van der Waals surface area (Å²) in [5.41, 5.74) is 6.92. The summed E-state index contributed by atoms with van der Waals surface area (Å²) < 4.78 is 5.92. The molecule has 3 rings (SSSR count). The lowest BCUT2D eigenvalue weighted by Crippen LogP contribution is -2.47. The number of fused-ring (bicyclic) bond motifs is 1. The van der Waals surface area contributed by atoms with Crippen LogP contribution in [0.4, 0.5) is 0 Å². The van der Waals surface area contributed by atoms with Gasteiger partial charge in [0.05, 0.1) is 6.54 Å². The van der Waals surface area contributed by atoms with E-state index in [0.717, 1.165) is 31.0 Å². The van der Waals surface area contributed by atoms with Crippen LogP contribution in [0.1, 0.15) is 25.5 Å². The first-order valence-corrected chi connectivity index (χ1v) is 7.19. The zero-order valence-electron chi connectivity index (χ0n) is 11.9. The Kier molecular flexibility index (Phi) is 5.08. The Balaban J connectivity index is 0.00000147. The normalized spacial score (nSPS) is 23.7. The topological polar surface area (TPSA) is 42.4 Å². The number of furan rings is 1. The second kappa shape index (κ2) is 6.61. The highest BCUT2D eigenvalue weighted by molar-refractivity contribution is 5.85. The third kappa shape index (κ3) is 3.00. The number of nitrogens with zero attached hydrogens (tertiary/aromatic N) is 1. The Bertz CT molecular complexity index is 521. The maximum absolute atomic E-state index is 5.94. The Labute approximate surface area is 126 Å². The number of benzene rings is 1. The van der Waals surface area contributed by atoms with Gasteiger partial charge >= 0.3 is 0 Å². The molecule has 0 spiro atoms. The molecule has 2 atom stereocenters. The molecule has 1 aromatic carbocycles. The summed E-state index contributed by atoms with van der Waals surface area (Å²) >= 11 is 0. The first-order valence-electron chi connectivity index (χ1n) is 7.19. The van der Waals surface area contributed by atoms with Crippen LogP contribution in [-0.2, 0) is 6.54 Å². The first kappa shape index (κ1) is 15.4. The fraction of sp³-hybridized carbons (Fsp3) is 0.500. The molecule has 0 radical (unpaired) electrons. The molecule has 0 aliphatic carbocycles. The molecule has 2 heterocycles. The molecule has 110 valence electrons. The SMILES string of the molecule is CC1CCCN(Cc2cc3ccccc3o2)C1CN.Cl. The van der Waals surface area contributed by atoms with Gasteiger partial charge in [-0.05, 0) is 37.4 Å². The van der Waals surface area contributed by atoms with Crippen LogP contribution < -0.4 is 5.73 Å². The average Bonchev–Trinajstić information content (AvgIpc) is 2.81. The largest absolute Gasteiger partial charge is 0.460 e. The number of hydrogen-bond acceptors (Lipinski definition) is 3. The summed E-state index contributed by atoms with van der Waals surface area (Å²) in [6.45, 7) is 5.05. The van der Waals surface area contributed by atoms with Gasteiger partial charge in [-0.3, -0.25) is 4.90 Å². The molecule has 2 N–H and O–H groups in total. The summed E-state index contributed by atoms with van der Waals surface area (Å²) in [4.78, 5) is 2.48. The molecule has 1 saturated heterocycles. The van der Waals surface area contributed by atoms with E-state index in [1.165, 1.54) is 18.2 Å². The van der Waals surface area contributed by atoms with Gasteiger partial charge in [-0.1, -0.05) is 25.1 Å². The average molecular weight is 295 g/mol. The van der Waals surface area contributed by atoms with Crippen LogP contribution in [0.5, 0.6) is 0 Å². The fourth-order valence-corrected chi connectivity index (χ4v) is 3.23. The van der Waals surface area contributed by atoms with Crippen molar-refractivity contribution in [2.24, 2.45) is 11.7 Å². The maximum atomic E-state index is 5.94. The van der Waals surface area contributed by atoms with Crippen molar-refractivity contribution in [1.82, 2.24) is 4.90 Å². The lowest BCUT2D eigenvalue weighted by Gasteiger charge is -2.38. The van der Waals surface area contributed by atoms with Crippen LogP contribution in [0.2, 0.25) is 0 Å². The molecule has 1 aromatic heterocycles. The lowest BCUT2D eigenvalue weighted by molar-refractivity contribution is 0.0924. The number of hydrogen-bond donors (Lipinski definition) is 1. The van der Waals surface area contributed by atoms with Crippen LogP contribution in [0.15, 0.2) is 34.7 Å². The predicted molar refractivity (Wildman–Crippen MR) is 85.1 cm³/mol. The monoisotopic (exact) mass is 294 g/mol. The van der Waals surface area contributed by atoms with E-state index in [0.29, 0.717) is 12.0 Å². The van der Waals surface area contributed by atoms with Gasteiger partial charge < -0.3 is 10.2 Å². The number of rotatable bonds is 3. The number of piperidine rings is 1. The van der Waals surface area contributed by atoms with Gasteiger partial charge in [-0.2, -0.15) is 0 Å². The molecule has 1 aliphatic heterocycles. The Hall–Kier alpha value is -1.03. The highest BCUT2D eigenvalue weighted by Gasteiger charge is 2.27. The van der Waals surface area contributed by atoms with E-state index < -0.39 is 0 Å². The minimum absolute atomic E-state index is 0. The van der Waals surface area contributed by atoms with Gasteiger partial charge in [0.15, 0.2) is 0 Å². The minimum Gasteiger partial charge on any atom is -0.460 e. The van der Waals surface area contributed by atoms with Gasteiger partial charge in [0, 0.05) is 18.0 Å². The van der Waals surface area contributed by atoms with Crippen LogP contribution in [0, 0.1) is 5.92 Å². The number of halogens is 1. The Morgan fingerprint density at radius 2 is 2.15 bits per heavy atom. The van der Waals surface area contributed by atoms with E-state index in [-0.39, 0.29) is 12.4 Å². The van der Waals surface area contributed by atoms with E-state index >= 15 is 0 Å². The molecule has 2 unspecified atom stereocenters. The molecule has 0 bridgehead atoms. The van der Waals surface area contributed by atoms with Crippen molar-refractivity contribution >= 4 is 23.4 Å². The number of likely N-dealkylation sites (tertiary alicyclic amines) is 1. The van der Waals surface area contributed by atoms with E-state index in [1.807, 2.05) is 18.2 Å². The van der Waals surface area contributed by atoms with Gasteiger partial charge in [0.25, 0.3) is 0 Å². The predicted octanol–water partition coefficient (Wildman–Crippen LogP) is 3.41. The minimum atomic E-state index is 0. The first-order chi connectivity index (χ1) is 9.28. The number of nitrogens with two attached hydrogens (primary N) is 1. The lowest BCUT2D eigenvalue weighted by atomic mass is 9.91. The van der Waals surface area contributed by atoms with Crippen molar-refractivity contribution in [1.29, 1.82) is 0 Å². The number of para-hydroxylation sites is 1. The van der Waals surface area contributed by atoms with E-state index in [1.54, 1.807) is 0 Å². The van der Waals surface area contributed by atoms with Crippen LogP contribution >= 0.6 is 12.4 Å². The molecule has 0 amide bonds. The molecule has 3 nitrogen and oxygen atoms in total. The smallest absolute Gasteiger partial charge is 0.134 e. The second-order valence-corrected chi connectivity index (χ2v) is 5.64. The molecule has 4 heteroatoms. The third-order valence-electron chi connectivity index (χ3n) is 4.31.